The number of nitrogens with zero attached hydrogens (tertiary/aromatic N) is 6. The fourth-order valence-electron chi connectivity index (χ4n) is 5.12. The number of anilines is 4. The van der Waals surface area contributed by atoms with Crippen LogP contribution in [0.2, 0.25) is 0 Å². The van der Waals surface area contributed by atoms with E-state index in [2.05, 4.69) is 35.6 Å². The molecule has 0 radical (unpaired) electrons. The highest BCUT2D eigenvalue weighted by Gasteiger charge is 2.20. The van der Waals surface area contributed by atoms with Crippen LogP contribution in [0.5, 0.6) is 0 Å². The molecule has 0 unspecified atom stereocenters. The van der Waals surface area contributed by atoms with Gasteiger partial charge in [0.15, 0.2) is 11.6 Å². The van der Waals surface area contributed by atoms with Gasteiger partial charge in [-0.05, 0) is 60.2 Å². The summed E-state index contributed by atoms with van der Waals surface area (Å²) in [5.41, 5.74) is 3.19. The summed E-state index contributed by atoms with van der Waals surface area (Å²) in [7, 11) is 0. The maximum absolute atomic E-state index is 12.9. The second-order valence-electron chi connectivity index (χ2n) is 9.94. The Morgan fingerprint density at radius 3 is 2.02 bits per heavy atom. The molecule has 10 nitrogen and oxygen atoms in total. The molecule has 1 aliphatic rings. The number of piperazine rings is 1. The topological polar surface area (TPSA) is 108 Å². The molecule has 1 saturated heterocycles. The Bertz CT molecular complexity index is 1660. The number of aromatic nitrogens is 4. The van der Waals surface area contributed by atoms with Crippen LogP contribution in [-0.2, 0) is 16.0 Å². The fourth-order valence-corrected chi connectivity index (χ4v) is 5.12. The van der Waals surface area contributed by atoms with Gasteiger partial charge in [-0.3, -0.25) is 14.2 Å². The van der Waals surface area contributed by atoms with Gasteiger partial charge in [0, 0.05) is 62.3 Å². The van der Waals surface area contributed by atoms with Crippen LogP contribution < -0.4 is 20.4 Å². The molecule has 10 heteroatoms. The normalized spacial score (nSPS) is 13.3. The van der Waals surface area contributed by atoms with Gasteiger partial charge in [-0.15, -0.1) is 10.2 Å². The van der Waals surface area contributed by atoms with Crippen molar-refractivity contribution in [2.24, 2.45) is 0 Å². The van der Waals surface area contributed by atoms with E-state index in [9.17, 15) is 9.59 Å². The van der Waals surface area contributed by atoms with Crippen LogP contribution in [0.4, 0.5) is 23.0 Å². The number of rotatable bonds is 7. The van der Waals surface area contributed by atoms with Crippen molar-refractivity contribution in [2.45, 2.75) is 13.3 Å². The number of hydrogen-bond acceptors (Lipinski definition) is 7. The van der Waals surface area contributed by atoms with Crippen LogP contribution in [0.15, 0.2) is 91.3 Å². The van der Waals surface area contributed by atoms with E-state index in [0.29, 0.717) is 17.2 Å². The van der Waals surface area contributed by atoms with Gasteiger partial charge in [-0.2, -0.15) is 0 Å². The Hall–Kier alpha value is -5.25. The van der Waals surface area contributed by atoms with Gasteiger partial charge in [0.1, 0.15) is 5.82 Å². The molecule has 0 aliphatic carbocycles. The molecule has 5 aromatic rings. The third kappa shape index (κ3) is 5.86. The molecule has 0 spiro atoms. The molecule has 0 saturated carbocycles. The average molecular weight is 547 g/mol. The molecule has 0 bridgehead atoms. The lowest BCUT2D eigenvalue weighted by atomic mass is 10.1. The lowest BCUT2D eigenvalue weighted by Crippen LogP contribution is -2.47. The Kier molecular flexibility index (Phi) is 7.27. The molecule has 206 valence electrons. The van der Waals surface area contributed by atoms with Gasteiger partial charge in [0.25, 0.3) is 0 Å². The Balaban J connectivity index is 1.14. The number of carbonyl (C=O) groups excluding carboxylic acids is 2. The summed E-state index contributed by atoms with van der Waals surface area (Å²) >= 11 is 0. The SMILES string of the molecule is CC(=O)Nc1ccc(NC(=O)Cc2cn(-c3ccc(N4CCN(c5ccccn5)CC4)nn3)c3ccccc23)cc1. The first-order valence-corrected chi connectivity index (χ1v) is 13.5. The summed E-state index contributed by atoms with van der Waals surface area (Å²) in [6.45, 7) is 4.87. The van der Waals surface area contributed by atoms with Gasteiger partial charge in [0.05, 0.1) is 11.9 Å². The molecule has 41 heavy (non-hydrogen) atoms. The number of benzene rings is 2. The zero-order valence-corrected chi connectivity index (χ0v) is 22.7. The van der Waals surface area contributed by atoms with Crippen LogP contribution >= 0.6 is 0 Å². The summed E-state index contributed by atoms with van der Waals surface area (Å²) < 4.78 is 1.98. The van der Waals surface area contributed by atoms with E-state index < -0.39 is 0 Å². The van der Waals surface area contributed by atoms with Crippen molar-refractivity contribution in [1.82, 2.24) is 19.7 Å². The van der Waals surface area contributed by atoms with Gasteiger partial charge in [0.2, 0.25) is 11.8 Å². The molecular formula is C31H30N8O2. The minimum absolute atomic E-state index is 0.133. The second kappa shape index (κ2) is 11.5. The zero-order chi connectivity index (χ0) is 28.2. The standard InChI is InChI=1S/C31H30N8O2/c1-22(40)33-24-9-11-25(12-10-24)34-31(41)20-23-21-39(27-7-3-2-6-26(23)27)30-14-13-29(35-36-30)38-18-16-37(17-19-38)28-8-4-5-15-32-28/h2-15,21H,16-20H2,1H3,(H,33,40)(H,34,41). The Labute approximate surface area is 237 Å². The van der Waals surface area contributed by atoms with Crippen molar-refractivity contribution in [2.75, 3.05) is 46.6 Å². The molecule has 1 aliphatic heterocycles. The Morgan fingerprint density at radius 2 is 1.37 bits per heavy atom. The lowest BCUT2D eigenvalue weighted by molar-refractivity contribution is -0.116. The average Bonchev–Trinajstić information content (AvgIpc) is 3.36. The number of hydrogen-bond donors (Lipinski definition) is 2. The molecule has 2 amide bonds. The second-order valence-corrected chi connectivity index (χ2v) is 9.94. The summed E-state index contributed by atoms with van der Waals surface area (Å²) in [4.78, 5) is 33.2. The number of para-hydroxylation sites is 1. The van der Waals surface area contributed by atoms with E-state index >= 15 is 0 Å². The third-order valence-electron chi connectivity index (χ3n) is 7.09. The smallest absolute Gasteiger partial charge is 0.228 e. The van der Waals surface area contributed by atoms with E-state index in [4.69, 9.17) is 0 Å². The van der Waals surface area contributed by atoms with Crippen LogP contribution in [-0.4, -0.2) is 57.7 Å². The monoisotopic (exact) mass is 546 g/mol. The van der Waals surface area contributed by atoms with E-state index in [1.807, 2.05) is 71.6 Å². The number of amides is 2. The number of nitrogens with one attached hydrogen (secondary N) is 2. The van der Waals surface area contributed by atoms with E-state index in [1.165, 1.54) is 6.92 Å². The predicted molar refractivity (Wildman–Crippen MR) is 161 cm³/mol. The van der Waals surface area contributed by atoms with E-state index in [0.717, 1.165) is 54.3 Å². The summed E-state index contributed by atoms with van der Waals surface area (Å²) in [6, 6.07) is 25.0. The van der Waals surface area contributed by atoms with E-state index in [-0.39, 0.29) is 18.2 Å². The lowest BCUT2D eigenvalue weighted by Gasteiger charge is -2.35. The predicted octanol–water partition coefficient (Wildman–Crippen LogP) is 4.28. The Morgan fingerprint density at radius 1 is 0.732 bits per heavy atom. The highest BCUT2D eigenvalue weighted by atomic mass is 16.2. The maximum atomic E-state index is 12.9. The van der Waals surface area contributed by atoms with Crippen molar-refractivity contribution < 1.29 is 9.59 Å². The van der Waals surface area contributed by atoms with Crippen molar-refractivity contribution in [3.8, 4) is 5.82 Å². The van der Waals surface area contributed by atoms with E-state index in [1.54, 1.807) is 24.3 Å². The minimum atomic E-state index is -0.142. The maximum Gasteiger partial charge on any atom is 0.228 e. The van der Waals surface area contributed by atoms with Crippen LogP contribution in [0, 0.1) is 0 Å². The molecular weight excluding hydrogens is 516 g/mol. The summed E-state index contributed by atoms with van der Waals surface area (Å²) in [6.07, 6.45) is 3.98. The first kappa shape index (κ1) is 26.0. The van der Waals surface area contributed by atoms with Crippen molar-refractivity contribution in [3.05, 3.63) is 96.8 Å². The van der Waals surface area contributed by atoms with Gasteiger partial charge >= 0.3 is 0 Å². The van der Waals surface area contributed by atoms with Crippen molar-refractivity contribution in [1.29, 1.82) is 0 Å². The number of pyridine rings is 1. The first-order chi connectivity index (χ1) is 20.0. The molecule has 2 N–H and O–H groups in total. The molecule has 0 atom stereocenters. The highest BCUT2D eigenvalue weighted by Crippen LogP contribution is 2.26. The van der Waals surface area contributed by atoms with Crippen LogP contribution in [0.3, 0.4) is 0 Å². The van der Waals surface area contributed by atoms with Gasteiger partial charge < -0.3 is 20.4 Å². The van der Waals surface area contributed by atoms with Crippen LogP contribution in [0.1, 0.15) is 12.5 Å². The number of fused-ring (bicyclic) bond motifs is 1. The van der Waals surface area contributed by atoms with Crippen LogP contribution in [0.25, 0.3) is 16.7 Å². The van der Waals surface area contributed by atoms with Gasteiger partial charge in [-0.25, -0.2) is 4.98 Å². The van der Waals surface area contributed by atoms with Crippen molar-refractivity contribution in [3.63, 3.8) is 0 Å². The van der Waals surface area contributed by atoms with Gasteiger partial charge in [-0.1, -0.05) is 24.3 Å². The largest absolute Gasteiger partial charge is 0.353 e. The fraction of sp³-hybridized carbons (Fsp3) is 0.194. The number of carbonyl (C=O) groups is 2. The first-order valence-electron chi connectivity index (χ1n) is 13.5. The highest BCUT2D eigenvalue weighted by molar-refractivity contribution is 5.96. The summed E-state index contributed by atoms with van der Waals surface area (Å²) in [5.74, 6) is 2.26. The third-order valence-corrected chi connectivity index (χ3v) is 7.09. The zero-order valence-electron chi connectivity index (χ0n) is 22.7. The molecule has 6 rings (SSSR count). The van der Waals surface area contributed by atoms with Crippen molar-refractivity contribution >= 4 is 45.7 Å². The molecule has 1 fully saturated rings. The quantitative estimate of drug-likeness (QED) is 0.314. The molecule has 3 aromatic heterocycles. The summed E-state index contributed by atoms with van der Waals surface area (Å²) in [5, 5.41) is 15.8. The molecule has 2 aromatic carbocycles. The molecule has 4 heterocycles. The minimum Gasteiger partial charge on any atom is -0.353 e.